The van der Waals surface area contributed by atoms with Crippen LogP contribution in [0.5, 0.6) is 0 Å². The van der Waals surface area contributed by atoms with Crippen LogP contribution in [0.25, 0.3) is 0 Å². The van der Waals surface area contributed by atoms with Gasteiger partial charge in [-0.3, -0.25) is 9.63 Å². The Kier molecular flexibility index (Phi) is 2.53. The van der Waals surface area contributed by atoms with Crippen molar-refractivity contribution in [2.45, 2.75) is 70.1 Å². The van der Waals surface area contributed by atoms with Gasteiger partial charge < -0.3 is 4.74 Å². The van der Waals surface area contributed by atoms with Crippen molar-refractivity contribution in [3.05, 3.63) is 0 Å². The Morgan fingerprint density at radius 2 is 1.84 bits per heavy atom. The molecule has 4 rings (SSSR count). The van der Waals surface area contributed by atoms with Crippen molar-refractivity contribution >= 4 is 5.97 Å². The second-order valence-electron chi connectivity index (χ2n) is 6.72. The Morgan fingerprint density at radius 3 is 2.47 bits per heavy atom. The number of nitrogens with zero attached hydrogens (tertiary/aromatic N) is 1. The van der Waals surface area contributed by atoms with E-state index in [1.165, 1.54) is 25.7 Å². The van der Waals surface area contributed by atoms with Crippen LogP contribution in [0.3, 0.4) is 0 Å². The first-order chi connectivity index (χ1) is 9.24. The van der Waals surface area contributed by atoms with Gasteiger partial charge in [0.25, 0.3) is 0 Å². The summed E-state index contributed by atoms with van der Waals surface area (Å²) in [5, 5.41) is 2.19. The summed E-state index contributed by atoms with van der Waals surface area (Å²) >= 11 is 0. The van der Waals surface area contributed by atoms with E-state index in [1.807, 2.05) is 6.92 Å². The fourth-order valence-electron chi connectivity index (χ4n) is 5.31. The predicted molar refractivity (Wildman–Crippen MR) is 68.9 cm³/mol. The van der Waals surface area contributed by atoms with Gasteiger partial charge in [0.15, 0.2) is 6.23 Å². The standard InChI is InChI=1S/C15H23NO3/c1-2-18-12(17)11-14(7-3-4-8-14)13-16(19-13)15(11)9-5-6-10-15/h11,13H,2-10H2,1H3/t11-,13-,16?/m0/s1. The number of hydrogen-bond donors (Lipinski definition) is 0. The maximum Gasteiger partial charge on any atom is 0.311 e. The normalized spacial score (nSPS) is 40.8. The van der Waals surface area contributed by atoms with E-state index in [0.29, 0.717) is 6.61 Å². The molecule has 1 unspecified atom stereocenters. The number of carbonyl (C=O) groups excluding carboxylic acids is 1. The van der Waals surface area contributed by atoms with E-state index < -0.39 is 0 Å². The van der Waals surface area contributed by atoms with Gasteiger partial charge >= 0.3 is 5.97 Å². The molecule has 2 heterocycles. The molecule has 0 N–H and O–H groups in total. The molecule has 2 saturated carbocycles. The van der Waals surface area contributed by atoms with Gasteiger partial charge in [0, 0.05) is 5.41 Å². The van der Waals surface area contributed by atoms with Crippen LogP contribution in [0.1, 0.15) is 58.3 Å². The Labute approximate surface area is 114 Å². The number of hydrogen-bond acceptors (Lipinski definition) is 4. The summed E-state index contributed by atoms with van der Waals surface area (Å²) in [5.74, 6) is 0.103. The van der Waals surface area contributed by atoms with E-state index in [1.54, 1.807) is 0 Å². The van der Waals surface area contributed by atoms with Crippen molar-refractivity contribution in [2.75, 3.05) is 6.61 Å². The van der Waals surface area contributed by atoms with Gasteiger partial charge in [-0.15, -0.1) is 5.06 Å². The molecule has 2 saturated heterocycles. The number of ether oxygens (including phenoxy) is 1. The van der Waals surface area contributed by atoms with Gasteiger partial charge in [-0.25, -0.2) is 0 Å². The fourth-order valence-corrected chi connectivity index (χ4v) is 5.31. The van der Waals surface area contributed by atoms with E-state index in [9.17, 15) is 4.79 Å². The largest absolute Gasteiger partial charge is 0.466 e. The van der Waals surface area contributed by atoms with Gasteiger partial charge in [0.1, 0.15) is 0 Å². The highest BCUT2D eigenvalue weighted by Crippen LogP contribution is 2.69. The quantitative estimate of drug-likeness (QED) is 0.568. The lowest BCUT2D eigenvalue weighted by Crippen LogP contribution is -2.49. The first kappa shape index (κ1) is 12.2. The van der Waals surface area contributed by atoms with E-state index >= 15 is 0 Å². The minimum absolute atomic E-state index is 0.0265. The highest BCUT2D eigenvalue weighted by atomic mass is 16.8. The predicted octanol–water partition coefficient (Wildman–Crippen LogP) is 2.63. The van der Waals surface area contributed by atoms with Gasteiger partial charge in [0.2, 0.25) is 0 Å². The van der Waals surface area contributed by atoms with Gasteiger partial charge in [-0.1, -0.05) is 25.7 Å². The summed E-state index contributed by atoms with van der Waals surface area (Å²) in [4.78, 5) is 18.5. The van der Waals surface area contributed by atoms with Crippen LogP contribution >= 0.6 is 0 Å². The minimum atomic E-state index is -0.0265. The SMILES string of the molecule is CCOC(=O)[C@H]1C2(CCCC2)[C@@H]2ON2C12CCCC2. The van der Waals surface area contributed by atoms with Crippen molar-refractivity contribution < 1.29 is 14.4 Å². The Hall–Kier alpha value is -0.610. The van der Waals surface area contributed by atoms with Gasteiger partial charge in [-0.05, 0) is 32.6 Å². The fraction of sp³-hybridized carbons (Fsp3) is 0.933. The van der Waals surface area contributed by atoms with Crippen molar-refractivity contribution in [3.8, 4) is 0 Å². The molecule has 2 spiro atoms. The highest BCUT2D eigenvalue weighted by molar-refractivity contribution is 5.76. The smallest absolute Gasteiger partial charge is 0.311 e. The molecule has 4 nitrogen and oxygen atoms in total. The Bertz CT molecular complexity index is 368. The monoisotopic (exact) mass is 265 g/mol. The maximum absolute atomic E-state index is 12.6. The van der Waals surface area contributed by atoms with Crippen molar-refractivity contribution in [1.82, 2.24) is 5.06 Å². The van der Waals surface area contributed by atoms with Crippen molar-refractivity contribution in [2.24, 2.45) is 11.3 Å². The van der Waals surface area contributed by atoms with Crippen LogP contribution in [0.15, 0.2) is 0 Å². The number of hydroxylamine groups is 2. The highest BCUT2D eigenvalue weighted by Gasteiger charge is 2.78. The molecule has 0 aromatic heterocycles. The second-order valence-corrected chi connectivity index (χ2v) is 6.72. The van der Waals surface area contributed by atoms with E-state index in [4.69, 9.17) is 9.57 Å². The molecule has 0 bridgehead atoms. The van der Waals surface area contributed by atoms with E-state index in [-0.39, 0.29) is 29.1 Å². The second kappa shape index (κ2) is 3.95. The molecule has 2 aliphatic carbocycles. The minimum Gasteiger partial charge on any atom is -0.466 e. The summed E-state index contributed by atoms with van der Waals surface area (Å²) in [6, 6.07) is 0. The van der Waals surface area contributed by atoms with Gasteiger partial charge in [-0.2, -0.15) is 0 Å². The average Bonchev–Trinajstić information content (AvgIpc) is 2.81. The molecule has 4 aliphatic rings. The molecule has 106 valence electrons. The molecule has 3 atom stereocenters. The maximum atomic E-state index is 12.6. The van der Waals surface area contributed by atoms with Gasteiger partial charge in [0.05, 0.1) is 18.1 Å². The molecular formula is C15H23NO3. The zero-order valence-corrected chi connectivity index (χ0v) is 11.7. The number of carbonyl (C=O) groups is 1. The number of esters is 1. The van der Waals surface area contributed by atoms with Crippen LogP contribution in [-0.2, 0) is 14.4 Å². The van der Waals surface area contributed by atoms with Crippen molar-refractivity contribution in [3.63, 3.8) is 0 Å². The van der Waals surface area contributed by atoms with Crippen LogP contribution in [0.2, 0.25) is 0 Å². The topological polar surface area (TPSA) is 41.8 Å². The lowest BCUT2D eigenvalue weighted by molar-refractivity contribution is -0.162. The summed E-state index contributed by atoms with van der Waals surface area (Å²) in [6.45, 7) is 2.40. The first-order valence-corrected chi connectivity index (χ1v) is 7.87. The number of rotatable bonds is 2. The van der Waals surface area contributed by atoms with E-state index in [0.717, 1.165) is 25.7 Å². The van der Waals surface area contributed by atoms with Crippen LogP contribution in [0, 0.1) is 11.3 Å². The third-order valence-electron chi connectivity index (χ3n) is 5.95. The van der Waals surface area contributed by atoms with E-state index in [2.05, 4.69) is 5.06 Å². The summed E-state index contributed by atoms with van der Waals surface area (Å²) < 4.78 is 5.45. The summed E-state index contributed by atoms with van der Waals surface area (Å²) in [7, 11) is 0. The zero-order valence-electron chi connectivity index (χ0n) is 11.7. The Morgan fingerprint density at radius 1 is 1.21 bits per heavy atom. The summed E-state index contributed by atoms with van der Waals surface area (Å²) in [6.07, 6.45) is 9.61. The lowest BCUT2D eigenvalue weighted by atomic mass is 9.67. The molecule has 0 radical (unpaired) electrons. The molecule has 4 fully saturated rings. The molecule has 19 heavy (non-hydrogen) atoms. The third-order valence-corrected chi connectivity index (χ3v) is 5.95. The van der Waals surface area contributed by atoms with Crippen LogP contribution in [-0.4, -0.2) is 29.4 Å². The van der Waals surface area contributed by atoms with Crippen LogP contribution < -0.4 is 0 Å². The molecule has 0 amide bonds. The molecular weight excluding hydrogens is 242 g/mol. The molecule has 2 aliphatic heterocycles. The molecule has 0 aromatic rings. The Balaban J connectivity index is 1.74. The molecule has 4 heteroatoms. The lowest BCUT2D eigenvalue weighted by Gasteiger charge is -2.39. The first-order valence-electron chi connectivity index (χ1n) is 7.87. The van der Waals surface area contributed by atoms with Crippen LogP contribution in [0.4, 0.5) is 0 Å². The zero-order chi connectivity index (χ0) is 13.1. The van der Waals surface area contributed by atoms with Crippen molar-refractivity contribution in [1.29, 1.82) is 0 Å². The molecule has 0 aromatic carbocycles. The third kappa shape index (κ3) is 1.39. The average molecular weight is 265 g/mol. The summed E-state index contributed by atoms with van der Waals surface area (Å²) in [5.41, 5.74) is 0.0395. The number of fused-ring (bicyclic) bond motifs is 3.